The van der Waals surface area contributed by atoms with Gasteiger partial charge in [-0.25, -0.2) is 4.79 Å². The zero-order valence-corrected chi connectivity index (χ0v) is 8.64. The number of anilines is 2. The molecular weight excluding hydrogens is 212 g/mol. The van der Waals surface area contributed by atoms with Crippen LogP contribution in [0.15, 0.2) is 9.59 Å². The first-order chi connectivity index (χ1) is 7.50. The second kappa shape index (κ2) is 3.67. The van der Waals surface area contributed by atoms with Crippen LogP contribution in [0.1, 0.15) is 25.3 Å². The minimum atomic E-state index is -0.669. The van der Waals surface area contributed by atoms with E-state index in [1.54, 1.807) is 0 Å². The first-order valence-electron chi connectivity index (χ1n) is 5.08. The maximum atomic E-state index is 11.6. The summed E-state index contributed by atoms with van der Waals surface area (Å²) in [5.41, 5.74) is 9.71. The normalized spacial score (nSPS) is 24.8. The van der Waals surface area contributed by atoms with Crippen LogP contribution in [0.2, 0.25) is 0 Å². The molecule has 0 aromatic carbocycles. The van der Waals surface area contributed by atoms with E-state index in [2.05, 4.69) is 4.98 Å². The number of aliphatic hydroxyl groups excluding tert-OH is 1. The summed E-state index contributed by atoms with van der Waals surface area (Å²) in [6.07, 6.45) is 1.30. The van der Waals surface area contributed by atoms with Gasteiger partial charge in [0.15, 0.2) is 0 Å². The summed E-state index contributed by atoms with van der Waals surface area (Å²) >= 11 is 0. The van der Waals surface area contributed by atoms with Gasteiger partial charge in [0.2, 0.25) is 0 Å². The van der Waals surface area contributed by atoms with Crippen molar-refractivity contribution in [3.05, 3.63) is 20.8 Å². The van der Waals surface area contributed by atoms with E-state index in [0.717, 1.165) is 0 Å². The molecule has 0 saturated heterocycles. The molecule has 1 aliphatic rings. The number of nitrogens with zero attached hydrogens (tertiary/aromatic N) is 1. The average Bonchev–Trinajstić information content (AvgIpc) is 2.61. The molecule has 7 nitrogen and oxygen atoms in total. The molecule has 1 aliphatic carbocycles. The molecule has 0 amide bonds. The largest absolute Gasteiger partial charge is 0.393 e. The standard InChI is InChI=1S/C9H14N4O3/c10-6-7(11)13(9(16)12-8(6)15)4-1-2-5(14)3-4/h4-5,14H,1-3,10-11H2,(H,12,15,16). The molecule has 88 valence electrons. The van der Waals surface area contributed by atoms with Crippen molar-refractivity contribution in [2.24, 2.45) is 0 Å². The summed E-state index contributed by atoms with van der Waals surface area (Å²) in [7, 11) is 0. The number of nitrogen functional groups attached to an aromatic ring is 2. The first kappa shape index (κ1) is 10.7. The van der Waals surface area contributed by atoms with Crippen LogP contribution in [-0.4, -0.2) is 20.8 Å². The van der Waals surface area contributed by atoms with Crippen molar-refractivity contribution >= 4 is 11.5 Å². The van der Waals surface area contributed by atoms with Gasteiger partial charge >= 0.3 is 5.69 Å². The lowest BCUT2D eigenvalue weighted by atomic mass is 10.2. The molecule has 0 radical (unpaired) electrons. The lowest BCUT2D eigenvalue weighted by Gasteiger charge is -2.16. The lowest BCUT2D eigenvalue weighted by Crippen LogP contribution is -2.35. The van der Waals surface area contributed by atoms with Gasteiger partial charge in [0.05, 0.1) is 6.10 Å². The quantitative estimate of drug-likeness (QED) is 0.477. The molecule has 1 fully saturated rings. The summed E-state index contributed by atoms with van der Waals surface area (Å²) in [6.45, 7) is 0. The molecule has 16 heavy (non-hydrogen) atoms. The molecule has 1 aromatic rings. The molecule has 1 saturated carbocycles. The summed E-state index contributed by atoms with van der Waals surface area (Å²) in [5.74, 6) is -0.0205. The van der Waals surface area contributed by atoms with Crippen LogP contribution in [-0.2, 0) is 0 Å². The monoisotopic (exact) mass is 226 g/mol. The van der Waals surface area contributed by atoms with Crippen LogP contribution in [0, 0.1) is 0 Å². The zero-order valence-electron chi connectivity index (χ0n) is 8.64. The fourth-order valence-corrected chi connectivity index (χ4v) is 2.11. The Hall–Kier alpha value is -1.76. The third-order valence-corrected chi connectivity index (χ3v) is 2.96. The van der Waals surface area contributed by atoms with Crippen molar-refractivity contribution in [1.29, 1.82) is 0 Å². The third kappa shape index (κ3) is 1.58. The maximum absolute atomic E-state index is 11.6. The van der Waals surface area contributed by atoms with Gasteiger partial charge in [-0.1, -0.05) is 0 Å². The number of rotatable bonds is 1. The Kier molecular flexibility index (Phi) is 2.47. The smallest absolute Gasteiger partial charge is 0.330 e. The Balaban J connectivity index is 2.53. The van der Waals surface area contributed by atoms with Gasteiger partial charge in [0.1, 0.15) is 11.5 Å². The van der Waals surface area contributed by atoms with Gasteiger partial charge in [-0.2, -0.15) is 0 Å². The number of nitrogens with one attached hydrogen (secondary N) is 1. The number of aliphatic hydroxyl groups is 1. The van der Waals surface area contributed by atoms with Crippen LogP contribution in [0.3, 0.4) is 0 Å². The van der Waals surface area contributed by atoms with E-state index in [9.17, 15) is 14.7 Å². The van der Waals surface area contributed by atoms with E-state index in [1.807, 2.05) is 0 Å². The molecule has 2 unspecified atom stereocenters. The number of hydrogen-bond acceptors (Lipinski definition) is 5. The van der Waals surface area contributed by atoms with E-state index in [-0.39, 0.29) is 17.5 Å². The number of aromatic nitrogens is 2. The Labute approximate surface area is 90.7 Å². The molecule has 0 spiro atoms. The zero-order chi connectivity index (χ0) is 11.9. The average molecular weight is 226 g/mol. The highest BCUT2D eigenvalue weighted by atomic mass is 16.3. The topological polar surface area (TPSA) is 127 Å². The van der Waals surface area contributed by atoms with Crippen molar-refractivity contribution in [2.75, 3.05) is 11.5 Å². The highest BCUT2D eigenvalue weighted by molar-refractivity contribution is 5.56. The molecule has 6 N–H and O–H groups in total. The third-order valence-electron chi connectivity index (χ3n) is 2.96. The van der Waals surface area contributed by atoms with Gasteiger partial charge in [-0.05, 0) is 19.3 Å². The van der Waals surface area contributed by atoms with Crippen LogP contribution < -0.4 is 22.7 Å². The Bertz CT molecular complexity index is 518. The minimum absolute atomic E-state index is 0.0205. The molecule has 0 aliphatic heterocycles. The molecule has 1 heterocycles. The van der Waals surface area contributed by atoms with E-state index in [4.69, 9.17) is 11.5 Å². The predicted molar refractivity (Wildman–Crippen MR) is 59.0 cm³/mol. The van der Waals surface area contributed by atoms with Crippen LogP contribution >= 0.6 is 0 Å². The number of H-pyrrole nitrogens is 1. The fraction of sp³-hybridized carbons (Fsp3) is 0.556. The molecular formula is C9H14N4O3. The van der Waals surface area contributed by atoms with Crippen LogP contribution in [0.5, 0.6) is 0 Å². The highest BCUT2D eigenvalue weighted by Gasteiger charge is 2.27. The summed E-state index contributed by atoms with van der Waals surface area (Å²) in [5, 5.41) is 9.41. The van der Waals surface area contributed by atoms with Gasteiger partial charge in [-0.3, -0.25) is 14.3 Å². The van der Waals surface area contributed by atoms with Gasteiger partial charge < -0.3 is 16.6 Å². The highest BCUT2D eigenvalue weighted by Crippen LogP contribution is 2.30. The minimum Gasteiger partial charge on any atom is -0.393 e. The van der Waals surface area contributed by atoms with Crippen molar-refractivity contribution in [3.63, 3.8) is 0 Å². The molecule has 2 atom stereocenters. The number of nitrogens with two attached hydrogens (primary N) is 2. The molecule has 7 heteroatoms. The fourth-order valence-electron chi connectivity index (χ4n) is 2.11. The Morgan fingerprint density at radius 2 is 2.00 bits per heavy atom. The van der Waals surface area contributed by atoms with Crippen LogP contribution in [0.4, 0.5) is 11.5 Å². The molecule has 2 rings (SSSR count). The number of hydrogen-bond donors (Lipinski definition) is 4. The second-order valence-corrected chi connectivity index (χ2v) is 4.05. The van der Waals surface area contributed by atoms with E-state index in [0.29, 0.717) is 19.3 Å². The Morgan fingerprint density at radius 1 is 1.31 bits per heavy atom. The SMILES string of the molecule is Nc1c(N)n(C2CCC(O)C2)c(=O)[nH]c1=O. The summed E-state index contributed by atoms with van der Waals surface area (Å²) in [6, 6.07) is -0.193. The maximum Gasteiger partial charge on any atom is 0.330 e. The number of aromatic amines is 1. The van der Waals surface area contributed by atoms with Gasteiger partial charge in [0, 0.05) is 6.04 Å². The Morgan fingerprint density at radius 3 is 2.56 bits per heavy atom. The van der Waals surface area contributed by atoms with E-state index >= 15 is 0 Å². The first-order valence-corrected chi connectivity index (χ1v) is 5.08. The van der Waals surface area contributed by atoms with Crippen molar-refractivity contribution < 1.29 is 5.11 Å². The van der Waals surface area contributed by atoms with Crippen molar-refractivity contribution in [1.82, 2.24) is 9.55 Å². The molecule has 1 aromatic heterocycles. The van der Waals surface area contributed by atoms with Gasteiger partial charge in [0.25, 0.3) is 5.56 Å². The predicted octanol–water partition coefficient (Wildman–Crippen LogP) is -1.21. The van der Waals surface area contributed by atoms with Crippen molar-refractivity contribution in [3.8, 4) is 0 Å². The van der Waals surface area contributed by atoms with E-state index in [1.165, 1.54) is 4.57 Å². The summed E-state index contributed by atoms with van der Waals surface area (Å²) < 4.78 is 1.26. The van der Waals surface area contributed by atoms with Crippen molar-refractivity contribution in [2.45, 2.75) is 31.4 Å². The van der Waals surface area contributed by atoms with E-state index < -0.39 is 17.4 Å². The van der Waals surface area contributed by atoms with Gasteiger partial charge in [-0.15, -0.1) is 0 Å². The molecule has 0 bridgehead atoms. The summed E-state index contributed by atoms with van der Waals surface area (Å²) in [4.78, 5) is 24.9. The second-order valence-electron chi connectivity index (χ2n) is 4.05. The van der Waals surface area contributed by atoms with Crippen LogP contribution in [0.25, 0.3) is 0 Å². The lowest BCUT2D eigenvalue weighted by molar-refractivity contribution is 0.178.